The van der Waals surface area contributed by atoms with E-state index in [-0.39, 0.29) is 0 Å². The Morgan fingerprint density at radius 1 is 0.900 bits per heavy atom. The third-order valence-corrected chi connectivity index (χ3v) is 3.98. The van der Waals surface area contributed by atoms with E-state index in [0.717, 1.165) is 19.4 Å². The number of hydrogen-bond acceptors (Lipinski definition) is 1. The van der Waals surface area contributed by atoms with Crippen molar-refractivity contribution in [3.05, 3.63) is 70.8 Å². The first-order valence-corrected chi connectivity index (χ1v) is 7.55. The molecule has 2 aromatic rings. The number of nitrogens with one attached hydrogen (secondary N) is 1. The second kappa shape index (κ2) is 7.25. The monoisotopic (exact) mass is 267 g/mol. The Morgan fingerprint density at radius 3 is 2.15 bits per heavy atom. The lowest BCUT2D eigenvalue weighted by Crippen LogP contribution is -2.21. The largest absolute Gasteiger partial charge is 0.310 e. The maximum absolute atomic E-state index is 3.61. The van der Waals surface area contributed by atoms with Gasteiger partial charge in [0.25, 0.3) is 0 Å². The molecule has 0 aliphatic heterocycles. The first kappa shape index (κ1) is 14.8. The topological polar surface area (TPSA) is 12.0 Å². The average molecular weight is 267 g/mol. The molecule has 0 fully saturated rings. The molecule has 1 unspecified atom stereocenters. The summed E-state index contributed by atoms with van der Waals surface area (Å²) in [7, 11) is 0. The predicted octanol–water partition coefficient (Wildman–Crippen LogP) is 4.59. The molecule has 0 amide bonds. The van der Waals surface area contributed by atoms with Gasteiger partial charge < -0.3 is 5.32 Å². The Morgan fingerprint density at radius 2 is 1.55 bits per heavy atom. The summed E-state index contributed by atoms with van der Waals surface area (Å²) >= 11 is 0. The van der Waals surface area contributed by atoms with Crippen LogP contribution in [0.1, 0.15) is 41.6 Å². The lowest BCUT2D eigenvalue weighted by Gasteiger charge is -2.19. The lowest BCUT2D eigenvalue weighted by molar-refractivity contribution is 0.514. The van der Waals surface area contributed by atoms with Crippen molar-refractivity contribution >= 4 is 0 Å². The summed E-state index contributed by atoms with van der Waals surface area (Å²) in [5, 5.41) is 3.61. The molecule has 1 atom stereocenters. The van der Waals surface area contributed by atoms with E-state index in [1.807, 2.05) is 0 Å². The van der Waals surface area contributed by atoms with Gasteiger partial charge in [-0.15, -0.1) is 0 Å². The molecule has 2 rings (SSSR count). The minimum atomic E-state index is 0.445. The normalized spacial score (nSPS) is 12.3. The third-order valence-electron chi connectivity index (χ3n) is 3.98. The van der Waals surface area contributed by atoms with Crippen LogP contribution in [-0.4, -0.2) is 6.54 Å². The summed E-state index contributed by atoms with van der Waals surface area (Å²) in [4.78, 5) is 0. The van der Waals surface area contributed by atoms with Crippen molar-refractivity contribution < 1.29 is 0 Å². The Hall–Kier alpha value is -1.60. The molecule has 0 spiro atoms. The highest BCUT2D eigenvalue weighted by Crippen LogP contribution is 2.22. The fourth-order valence-corrected chi connectivity index (χ4v) is 2.85. The van der Waals surface area contributed by atoms with Gasteiger partial charge in [0.1, 0.15) is 0 Å². The summed E-state index contributed by atoms with van der Waals surface area (Å²) in [5.41, 5.74) is 5.72. The molecule has 106 valence electrons. The van der Waals surface area contributed by atoms with Crippen LogP contribution in [0.25, 0.3) is 0 Å². The van der Waals surface area contributed by atoms with Crippen LogP contribution in [0, 0.1) is 13.8 Å². The fraction of sp³-hybridized carbons (Fsp3) is 0.368. The smallest absolute Gasteiger partial charge is 0.0323 e. The van der Waals surface area contributed by atoms with E-state index in [9.17, 15) is 0 Å². The molecular weight excluding hydrogens is 242 g/mol. The lowest BCUT2D eigenvalue weighted by atomic mass is 9.94. The van der Waals surface area contributed by atoms with E-state index in [0.29, 0.717) is 6.04 Å². The molecule has 0 bridgehead atoms. The van der Waals surface area contributed by atoms with Crippen molar-refractivity contribution in [1.82, 2.24) is 5.32 Å². The highest BCUT2D eigenvalue weighted by atomic mass is 14.9. The van der Waals surface area contributed by atoms with Gasteiger partial charge in [-0.05, 0) is 55.5 Å². The number of aryl methyl sites for hydroxylation is 2. The predicted molar refractivity (Wildman–Crippen MR) is 87.1 cm³/mol. The minimum absolute atomic E-state index is 0.445. The van der Waals surface area contributed by atoms with Crippen molar-refractivity contribution in [2.24, 2.45) is 0 Å². The second-order valence-corrected chi connectivity index (χ2v) is 5.43. The van der Waals surface area contributed by atoms with Crippen LogP contribution in [-0.2, 0) is 6.42 Å². The van der Waals surface area contributed by atoms with Gasteiger partial charge in [-0.2, -0.15) is 0 Å². The van der Waals surface area contributed by atoms with Crippen molar-refractivity contribution in [3.63, 3.8) is 0 Å². The molecule has 0 aromatic heterocycles. The van der Waals surface area contributed by atoms with E-state index in [1.54, 1.807) is 0 Å². The maximum atomic E-state index is 3.61. The van der Waals surface area contributed by atoms with E-state index < -0.39 is 0 Å². The summed E-state index contributed by atoms with van der Waals surface area (Å²) < 4.78 is 0. The molecule has 0 saturated heterocycles. The van der Waals surface area contributed by atoms with Crippen LogP contribution in [0.3, 0.4) is 0 Å². The minimum Gasteiger partial charge on any atom is -0.310 e. The Kier molecular flexibility index (Phi) is 5.37. The SMILES string of the molecule is CCNC(CCc1c(C)cccc1C)c1ccccc1. The molecule has 2 aromatic carbocycles. The van der Waals surface area contributed by atoms with Gasteiger partial charge in [0, 0.05) is 6.04 Å². The van der Waals surface area contributed by atoms with Crippen LogP contribution in [0.4, 0.5) is 0 Å². The highest BCUT2D eigenvalue weighted by molar-refractivity contribution is 5.33. The Bertz CT molecular complexity index is 510. The van der Waals surface area contributed by atoms with Crippen molar-refractivity contribution in [2.75, 3.05) is 6.54 Å². The third kappa shape index (κ3) is 3.71. The molecule has 0 aliphatic rings. The zero-order chi connectivity index (χ0) is 14.4. The molecule has 20 heavy (non-hydrogen) atoms. The van der Waals surface area contributed by atoms with Crippen LogP contribution < -0.4 is 5.32 Å². The molecule has 0 radical (unpaired) electrons. The number of hydrogen-bond donors (Lipinski definition) is 1. The van der Waals surface area contributed by atoms with Crippen molar-refractivity contribution in [2.45, 2.75) is 39.7 Å². The van der Waals surface area contributed by atoms with Gasteiger partial charge in [-0.3, -0.25) is 0 Å². The number of rotatable bonds is 6. The summed E-state index contributed by atoms with van der Waals surface area (Å²) in [6, 6.07) is 17.8. The average Bonchev–Trinajstić information content (AvgIpc) is 2.46. The molecule has 0 heterocycles. The molecule has 1 N–H and O–H groups in total. The van der Waals surface area contributed by atoms with Gasteiger partial charge in [0.05, 0.1) is 0 Å². The zero-order valence-electron chi connectivity index (χ0n) is 12.8. The van der Waals surface area contributed by atoms with E-state index in [4.69, 9.17) is 0 Å². The molecule has 1 heteroatoms. The van der Waals surface area contributed by atoms with Crippen LogP contribution in [0.15, 0.2) is 48.5 Å². The number of benzene rings is 2. The van der Waals surface area contributed by atoms with Crippen molar-refractivity contribution in [1.29, 1.82) is 0 Å². The van der Waals surface area contributed by atoms with Crippen molar-refractivity contribution in [3.8, 4) is 0 Å². The Balaban J connectivity index is 2.10. The van der Waals surface area contributed by atoms with E-state index in [2.05, 4.69) is 74.6 Å². The van der Waals surface area contributed by atoms with Gasteiger partial charge in [-0.25, -0.2) is 0 Å². The van der Waals surface area contributed by atoms with Crippen LogP contribution >= 0.6 is 0 Å². The second-order valence-electron chi connectivity index (χ2n) is 5.43. The van der Waals surface area contributed by atoms with Gasteiger partial charge in [0.2, 0.25) is 0 Å². The zero-order valence-corrected chi connectivity index (χ0v) is 12.8. The molecule has 1 nitrogen and oxygen atoms in total. The highest BCUT2D eigenvalue weighted by Gasteiger charge is 2.11. The maximum Gasteiger partial charge on any atom is 0.0323 e. The summed E-state index contributed by atoms with van der Waals surface area (Å²) in [6.07, 6.45) is 2.27. The fourth-order valence-electron chi connectivity index (χ4n) is 2.85. The first-order chi connectivity index (χ1) is 9.72. The Labute approximate surface area is 123 Å². The summed E-state index contributed by atoms with van der Waals surface area (Å²) in [5.74, 6) is 0. The molecule has 0 saturated carbocycles. The molecule has 0 aliphatic carbocycles. The van der Waals surface area contributed by atoms with Gasteiger partial charge >= 0.3 is 0 Å². The molecular formula is C19H25N. The standard InChI is InChI=1S/C19H25N/c1-4-20-19(17-11-6-5-7-12-17)14-13-18-15(2)9-8-10-16(18)3/h5-12,19-20H,4,13-14H2,1-3H3. The summed E-state index contributed by atoms with van der Waals surface area (Å²) in [6.45, 7) is 7.61. The van der Waals surface area contributed by atoms with Crippen LogP contribution in [0.2, 0.25) is 0 Å². The van der Waals surface area contributed by atoms with E-state index >= 15 is 0 Å². The quantitative estimate of drug-likeness (QED) is 0.807. The first-order valence-electron chi connectivity index (χ1n) is 7.55. The van der Waals surface area contributed by atoms with Crippen LogP contribution in [0.5, 0.6) is 0 Å². The van der Waals surface area contributed by atoms with Gasteiger partial charge in [0.15, 0.2) is 0 Å². The van der Waals surface area contributed by atoms with Gasteiger partial charge in [-0.1, -0.05) is 55.5 Å². The van der Waals surface area contributed by atoms with E-state index in [1.165, 1.54) is 22.3 Å².